The van der Waals surface area contributed by atoms with Crippen LogP contribution in [0.2, 0.25) is 0 Å². The van der Waals surface area contributed by atoms with Crippen molar-refractivity contribution < 1.29 is 18.7 Å². The van der Waals surface area contributed by atoms with Gasteiger partial charge in [-0.15, -0.1) is 11.6 Å². The highest BCUT2D eigenvalue weighted by Gasteiger charge is 2.24. The third kappa shape index (κ3) is 4.21. The van der Waals surface area contributed by atoms with E-state index in [0.717, 1.165) is 0 Å². The van der Waals surface area contributed by atoms with Crippen LogP contribution in [-0.4, -0.2) is 36.8 Å². The Kier molecular flexibility index (Phi) is 5.76. The quantitative estimate of drug-likeness (QED) is 0.616. The van der Waals surface area contributed by atoms with Gasteiger partial charge < -0.3 is 9.64 Å². The van der Waals surface area contributed by atoms with Gasteiger partial charge in [-0.2, -0.15) is 0 Å². The summed E-state index contributed by atoms with van der Waals surface area (Å²) in [5.74, 6) is -1.47. The van der Waals surface area contributed by atoms with Gasteiger partial charge in [-0.05, 0) is 17.7 Å². The van der Waals surface area contributed by atoms with Gasteiger partial charge in [0.1, 0.15) is 11.7 Å². The molecule has 0 aliphatic heterocycles. The molecule has 0 fully saturated rings. The predicted octanol–water partition coefficient (Wildman–Crippen LogP) is 2.13. The zero-order valence-corrected chi connectivity index (χ0v) is 11.5. The molecule has 0 heterocycles. The van der Waals surface area contributed by atoms with Gasteiger partial charge in [0.15, 0.2) is 0 Å². The largest absolute Gasteiger partial charge is 0.469 e. The number of nitrogens with zero attached hydrogens (tertiary/aromatic N) is 1. The van der Waals surface area contributed by atoms with E-state index < -0.39 is 17.8 Å². The van der Waals surface area contributed by atoms with Gasteiger partial charge in [-0.25, -0.2) is 4.39 Å². The Labute approximate surface area is 116 Å². The molecule has 0 saturated heterocycles. The molecule has 104 valence electrons. The van der Waals surface area contributed by atoms with E-state index in [9.17, 15) is 14.0 Å². The lowest BCUT2D eigenvalue weighted by Gasteiger charge is -2.27. The summed E-state index contributed by atoms with van der Waals surface area (Å²) in [5.41, 5.74) is 0.520. The van der Waals surface area contributed by atoms with E-state index in [2.05, 4.69) is 4.74 Å². The molecule has 1 atom stereocenters. The van der Waals surface area contributed by atoms with Gasteiger partial charge >= 0.3 is 5.97 Å². The Morgan fingerprint density at radius 3 is 2.68 bits per heavy atom. The zero-order valence-electron chi connectivity index (χ0n) is 10.7. The fraction of sp³-hybridized carbons (Fsp3) is 0.385. The van der Waals surface area contributed by atoms with Crippen LogP contribution >= 0.6 is 11.6 Å². The van der Waals surface area contributed by atoms with Crippen molar-refractivity contribution in [1.82, 2.24) is 4.90 Å². The fourth-order valence-electron chi connectivity index (χ4n) is 1.70. The monoisotopic (exact) mass is 287 g/mol. The van der Waals surface area contributed by atoms with E-state index in [4.69, 9.17) is 11.6 Å². The van der Waals surface area contributed by atoms with Gasteiger partial charge in [0.25, 0.3) is 0 Å². The van der Waals surface area contributed by atoms with Crippen molar-refractivity contribution >= 4 is 23.5 Å². The Morgan fingerprint density at radius 2 is 2.16 bits per heavy atom. The maximum absolute atomic E-state index is 13.2. The first kappa shape index (κ1) is 15.4. The van der Waals surface area contributed by atoms with E-state index in [1.54, 1.807) is 6.07 Å². The molecular weight excluding hydrogens is 273 g/mol. The Bertz CT molecular complexity index is 467. The third-order valence-electron chi connectivity index (χ3n) is 2.80. The van der Waals surface area contributed by atoms with Crippen molar-refractivity contribution in [2.24, 2.45) is 0 Å². The first-order valence-corrected chi connectivity index (χ1v) is 6.17. The third-order valence-corrected chi connectivity index (χ3v) is 3.02. The number of esters is 1. The molecular formula is C13H15ClFNO3. The van der Waals surface area contributed by atoms with Crippen LogP contribution in [0.25, 0.3) is 0 Å². The number of rotatable bonds is 5. The second-order valence-corrected chi connectivity index (χ2v) is 4.26. The minimum absolute atomic E-state index is 0.0565. The maximum Gasteiger partial charge on any atom is 0.307 e. The molecule has 0 radical (unpaired) electrons. The maximum atomic E-state index is 13.2. The molecule has 1 aromatic rings. The lowest BCUT2D eigenvalue weighted by Crippen LogP contribution is -2.33. The summed E-state index contributed by atoms with van der Waals surface area (Å²) < 4.78 is 17.8. The normalized spacial score (nSPS) is 11.8. The van der Waals surface area contributed by atoms with Crippen LogP contribution < -0.4 is 0 Å². The second-order valence-electron chi connectivity index (χ2n) is 3.99. The first-order valence-electron chi connectivity index (χ1n) is 5.63. The molecule has 6 heteroatoms. The van der Waals surface area contributed by atoms with Crippen molar-refractivity contribution in [3.8, 4) is 0 Å². The van der Waals surface area contributed by atoms with E-state index in [1.807, 2.05) is 0 Å². The molecule has 0 spiro atoms. The summed E-state index contributed by atoms with van der Waals surface area (Å²) in [5, 5.41) is 0. The predicted molar refractivity (Wildman–Crippen MR) is 69.3 cm³/mol. The van der Waals surface area contributed by atoms with Gasteiger partial charge in [-0.1, -0.05) is 12.1 Å². The number of benzene rings is 1. The van der Waals surface area contributed by atoms with Crippen LogP contribution in [0.4, 0.5) is 4.39 Å². The minimum Gasteiger partial charge on any atom is -0.469 e. The van der Waals surface area contributed by atoms with Crippen LogP contribution in [0.15, 0.2) is 24.3 Å². The van der Waals surface area contributed by atoms with Crippen molar-refractivity contribution in [3.05, 3.63) is 35.6 Å². The smallest absolute Gasteiger partial charge is 0.307 e. The van der Waals surface area contributed by atoms with Crippen LogP contribution in [0.3, 0.4) is 0 Å². The van der Waals surface area contributed by atoms with Crippen LogP contribution in [0, 0.1) is 5.82 Å². The molecule has 1 rings (SSSR count). The standard InChI is InChI=1S/C13H15ClFNO3/c1-16(12(17)8-14)11(7-13(18)19-2)9-4-3-5-10(15)6-9/h3-6,11H,7-8H2,1-2H3. The van der Waals surface area contributed by atoms with Crippen LogP contribution in [0.1, 0.15) is 18.0 Å². The van der Waals surface area contributed by atoms with Gasteiger partial charge in [0, 0.05) is 7.05 Å². The number of hydrogen-bond acceptors (Lipinski definition) is 3. The fourth-order valence-corrected chi connectivity index (χ4v) is 1.89. The molecule has 1 unspecified atom stereocenters. The van der Waals surface area contributed by atoms with E-state index >= 15 is 0 Å². The molecule has 19 heavy (non-hydrogen) atoms. The summed E-state index contributed by atoms with van der Waals surface area (Å²) in [4.78, 5) is 24.4. The molecule has 0 aromatic heterocycles. The molecule has 1 amide bonds. The van der Waals surface area contributed by atoms with E-state index in [-0.39, 0.29) is 18.2 Å². The highest BCUT2D eigenvalue weighted by atomic mass is 35.5. The van der Waals surface area contributed by atoms with Gasteiger partial charge in [0.05, 0.1) is 19.6 Å². The molecule has 1 aromatic carbocycles. The Balaban J connectivity index is 3.04. The molecule has 0 aliphatic carbocycles. The summed E-state index contributed by atoms with van der Waals surface area (Å²) in [6.07, 6.45) is -0.0565. The van der Waals surface area contributed by atoms with Crippen molar-refractivity contribution in [2.75, 3.05) is 20.0 Å². The lowest BCUT2D eigenvalue weighted by atomic mass is 10.0. The summed E-state index contributed by atoms with van der Waals surface area (Å²) in [7, 11) is 2.78. The van der Waals surface area contributed by atoms with Gasteiger partial charge in [-0.3, -0.25) is 9.59 Å². The lowest BCUT2D eigenvalue weighted by molar-refractivity contribution is -0.143. The topological polar surface area (TPSA) is 46.6 Å². The van der Waals surface area contributed by atoms with Crippen molar-refractivity contribution in [3.63, 3.8) is 0 Å². The second kappa shape index (κ2) is 7.09. The van der Waals surface area contributed by atoms with E-state index in [0.29, 0.717) is 5.56 Å². The highest BCUT2D eigenvalue weighted by Crippen LogP contribution is 2.24. The molecule has 0 aliphatic rings. The van der Waals surface area contributed by atoms with Crippen molar-refractivity contribution in [2.45, 2.75) is 12.5 Å². The molecule has 0 saturated carbocycles. The number of hydrogen-bond donors (Lipinski definition) is 0. The summed E-state index contributed by atoms with van der Waals surface area (Å²) in [6, 6.07) is 5.14. The molecule has 4 nitrogen and oxygen atoms in total. The number of carbonyl (C=O) groups is 2. The number of ether oxygens (including phenoxy) is 1. The highest BCUT2D eigenvalue weighted by molar-refractivity contribution is 6.27. The Hall–Kier alpha value is -1.62. The van der Waals surface area contributed by atoms with Crippen LogP contribution in [0.5, 0.6) is 0 Å². The average molecular weight is 288 g/mol. The number of methoxy groups -OCH3 is 1. The van der Waals surface area contributed by atoms with Crippen molar-refractivity contribution in [1.29, 1.82) is 0 Å². The average Bonchev–Trinajstić information content (AvgIpc) is 2.42. The first-order chi connectivity index (χ1) is 8.99. The number of alkyl halides is 1. The van der Waals surface area contributed by atoms with E-state index in [1.165, 1.54) is 37.3 Å². The number of carbonyl (C=O) groups excluding carboxylic acids is 2. The summed E-state index contributed by atoms with van der Waals surface area (Å²) >= 11 is 5.50. The SMILES string of the molecule is COC(=O)CC(c1cccc(F)c1)N(C)C(=O)CCl. The molecule has 0 bridgehead atoms. The van der Waals surface area contributed by atoms with Gasteiger partial charge in [0.2, 0.25) is 5.91 Å². The van der Waals surface area contributed by atoms with Crippen LogP contribution in [-0.2, 0) is 14.3 Å². The zero-order chi connectivity index (χ0) is 14.4. The number of amides is 1. The minimum atomic E-state index is -0.602. The summed E-state index contributed by atoms with van der Waals surface area (Å²) in [6.45, 7) is 0. The Morgan fingerprint density at radius 1 is 1.47 bits per heavy atom. The molecule has 0 N–H and O–H groups in total. The number of halogens is 2.